The predicted octanol–water partition coefficient (Wildman–Crippen LogP) is 2.66. The summed E-state index contributed by atoms with van der Waals surface area (Å²) < 4.78 is 5.64. The maximum atomic E-state index is 5.88. The van der Waals surface area contributed by atoms with Gasteiger partial charge in [0.25, 0.3) is 0 Å². The summed E-state index contributed by atoms with van der Waals surface area (Å²) in [5.74, 6) is 0.517. The van der Waals surface area contributed by atoms with E-state index < -0.39 is 0 Å². The first-order chi connectivity index (χ1) is 8.24. The van der Waals surface area contributed by atoms with Crippen molar-refractivity contribution in [3.05, 3.63) is 42.5 Å². The average Bonchev–Trinajstić information content (AvgIpc) is 2.72. The lowest BCUT2D eigenvalue weighted by Gasteiger charge is -1.98. The van der Waals surface area contributed by atoms with Gasteiger partial charge >= 0.3 is 0 Å². The molecule has 0 aliphatic rings. The lowest BCUT2D eigenvalue weighted by Crippen LogP contribution is -1.88. The molecule has 0 fully saturated rings. The number of oxazole rings is 1. The first kappa shape index (κ1) is 9.72. The normalized spacial score (nSPS) is 10.8. The molecule has 0 spiro atoms. The predicted molar refractivity (Wildman–Crippen MR) is 68.3 cm³/mol. The summed E-state index contributed by atoms with van der Waals surface area (Å²) in [6, 6.07) is 12.8. The molecule has 3 rings (SSSR count). The minimum absolute atomic E-state index is 0.517. The molecular weight excluding hydrogens is 214 g/mol. The Morgan fingerprint density at radius 3 is 2.65 bits per heavy atom. The number of rotatable bonds is 1. The fourth-order valence-corrected chi connectivity index (χ4v) is 1.75. The van der Waals surface area contributed by atoms with Crippen molar-refractivity contribution >= 4 is 22.5 Å². The van der Waals surface area contributed by atoms with Gasteiger partial charge in [-0.25, -0.2) is 4.98 Å². The van der Waals surface area contributed by atoms with Gasteiger partial charge in [-0.15, -0.1) is 0 Å². The first-order valence-corrected chi connectivity index (χ1v) is 5.25. The highest BCUT2D eigenvalue weighted by atomic mass is 16.3. The van der Waals surface area contributed by atoms with E-state index in [1.54, 1.807) is 18.2 Å². The first-order valence-electron chi connectivity index (χ1n) is 5.25. The molecule has 0 unspecified atom stereocenters. The summed E-state index contributed by atoms with van der Waals surface area (Å²) in [6.07, 6.45) is 0. The van der Waals surface area contributed by atoms with Gasteiger partial charge in [0.05, 0.1) is 5.56 Å². The molecular formula is C13H11N3O. The van der Waals surface area contributed by atoms with E-state index >= 15 is 0 Å². The molecule has 4 heteroatoms. The van der Waals surface area contributed by atoms with E-state index in [0.717, 1.165) is 11.1 Å². The number of nitrogen functional groups attached to an aromatic ring is 2. The zero-order chi connectivity index (χ0) is 11.8. The number of fused-ring (bicyclic) bond motifs is 1. The van der Waals surface area contributed by atoms with E-state index in [0.29, 0.717) is 22.8 Å². The second-order valence-corrected chi connectivity index (χ2v) is 3.83. The molecule has 0 aliphatic heterocycles. The molecule has 0 aliphatic carbocycles. The molecule has 17 heavy (non-hydrogen) atoms. The molecule has 0 saturated carbocycles. The number of nitrogens with two attached hydrogens (primary N) is 2. The Morgan fingerprint density at radius 1 is 1.00 bits per heavy atom. The summed E-state index contributed by atoms with van der Waals surface area (Å²) in [5.41, 5.74) is 15.1. The minimum atomic E-state index is 0.517. The third-order valence-corrected chi connectivity index (χ3v) is 2.60. The summed E-state index contributed by atoms with van der Waals surface area (Å²) in [4.78, 5) is 4.38. The van der Waals surface area contributed by atoms with Crippen LogP contribution in [0.15, 0.2) is 46.9 Å². The van der Waals surface area contributed by atoms with Crippen molar-refractivity contribution in [3.8, 4) is 11.5 Å². The molecule has 0 radical (unpaired) electrons. The van der Waals surface area contributed by atoms with Crippen LogP contribution in [0, 0.1) is 0 Å². The molecule has 0 amide bonds. The maximum absolute atomic E-state index is 5.88. The Hall–Kier alpha value is -2.49. The minimum Gasteiger partial charge on any atom is -0.436 e. The molecule has 4 N–H and O–H groups in total. The van der Waals surface area contributed by atoms with Gasteiger partial charge in [-0.3, -0.25) is 0 Å². The highest BCUT2D eigenvalue weighted by Gasteiger charge is 2.10. The van der Waals surface area contributed by atoms with Crippen LogP contribution in [0.25, 0.3) is 22.6 Å². The largest absolute Gasteiger partial charge is 0.436 e. The summed E-state index contributed by atoms with van der Waals surface area (Å²) in [5, 5.41) is 0. The quantitative estimate of drug-likeness (QED) is 0.624. The van der Waals surface area contributed by atoms with Crippen LogP contribution in [0.2, 0.25) is 0 Å². The molecule has 0 atom stereocenters. The third kappa shape index (κ3) is 1.59. The number of benzene rings is 2. The van der Waals surface area contributed by atoms with Gasteiger partial charge in [-0.2, -0.15) is 0 Å². The van der Waals surface area contributed by atoms with Crippen molar-refractivity contribution in [1.82, 2.24) is 4.98 Å². The lowest BCUT2D eigenvalue weighted by molar-refractivity contribution is 0.620. The topological polar surface area (TPSA) is 78.1 Å². The second-order valence-electron chi connectivity index (χ2n) is 3.83. The van der Waals surface area contributed by atoms with Crippen molar-refractivity contribution in [2.75, 3.05) is 11.5 Å². The zero-order valence-corrected chi connectivity index (χ0v) is 9.05. The fraction of sp³-hybridized carbons (Fsp3) is 0. The maximum Gasteiger partial charge on any atom is 0.229 e. The van der Waals surface area contributed by atoms with Crippen molar-refractivity contribution in [1.29, 1.82) is 0 Å². The molecule has 1 heterocycles. The van der Waals surface area contributed by atoms with Gasteiger partial charge in [0.2, 0.25) is 5.89 Å². The second kappa shape index (κ2) is 3.52. The Balaban J connectivity index is 2.22. The standard InChI is InChI=1S/C13H11N3O/c14-8-5-6-12-11(7-8)16-13(17-12)9-3-1-2-4-10(9)15/h1-7H,14-15H2. The van der Waals surface area contributed by atoms with Gasteiger partial charge in [0.15, 0.2) is 5.58 Å². The summed E-state index contributed by atoms with van der Waals surface area (Å²) >= 11 is 0. The SMILES string of the molecule is Nc1ccc2oc(-c3ccccc3N)nc2c1. The number of anilines is 2. The lowest BCUT2D eigenvalue weighted by atomic mass is 10.2. The van der Waals surface area contributed by atoms with Crippen LogP contribution in [-0.4, -0.2) is 4.98 Å². The third-order valence-electron chi connectivity index (χ3n) is 2.60. The van der Waals surface area contributed by atoms with Crippen molar-refractivity contribution in [2.24, 2.45) is 0 Å². The number of nitrogens with zero attached hydrogens (tertiary/aromatic N) is 1. The molecule has 1 aromatic heterocycles. The van der Waals surface area contributed by atoms with Crippen molar-refractivity contribution in [3.63, 3.8) is 0 Å². The number of hydrogen-bond acceptors (Lipinski definition) is 4. The number of para-hydroxylation sites is 1. The Bertz CT molecular complexity index is 688. The van der Waals surface area contributed by atoms with E-state index in [-0.39, 0.29) is 0 Å². The Kier molecular flexibility index (Phi) is 2.01. The zero-order valence-electron chi connectivity index (χ0n) is 9.05. The average molecular weight is 225 g/mol. The van der Waals surface area contributed by atoms with Crippen LogP contribution in [0.4, 0.5) is 11.4 Å². The Morgan fingerprint density at radius 2 is 1.82 bits per heavy atom. The molecule has 2 aromatic carbocycles. The van der Waals surface area contributed by atoms with E-state index in [2.05, 4.69) is 4.98 Å². The molecule has 0 bridgehead atoms. The van der Waals surface area contributed by atoms with Crippen LogP contribution in [0.3, 0.4) is 0 Å². The van der Waals surface area contributed by atoms with Gasteiger partial charge in [-0.1, -0.05) is 12.1 Å². The Labute approximate surface area is 97.9 Å². The van der Waals surface area contributed by atoms with Gasteiger partial charge in [0, 0.05) is 11.4 Å². The molecule has 84 valence electrons. The van der Waals surface area contributed by atoms with Gasteiger partial charge < -0.3 is 15.9 Å². The van der Waals surface area contributed by atoms with Gasteiger partial charge in [0.1, 0.15) is 5.52 Å². The molecule has 3 aromatic rings. The molecule has 4 nitrogen and oxygen atoms in total. The van der Waals surface area contributed by atoms with Crippen molar-refractivity contribution < 1.29 is 4.42 Å². The van der Waals surface area contributed by atoms with E-state index in [4.69, 9.17) is 15.9 Å². The number of aromatic nitrogens is 1. The van der Waals surface area contributed by atoms with Crippen LogP contribution >= 0.6 is 0 Å². The highest BCUT2D eigenvalue weighted by Crippen LogP contribution is 2.28. The number of hydrogen-bond donors (Lipinski definition) is 2. The van der Waals surface area contributed by atoms with E-state index in [9.17, 15) is 0 Å². The highest BCUT2D eigenvalue weighted by molar-refractivity contribution is 5.81. The van der Waals surface area contributed by atoms with Crippen molar-refractivity contribution in [2.45, 2.75) is 0 Å². The fourth-order valence-electron chi connectivity index (χ4n) is 1.75. The van der Waals surface area contributed by atoms with Crippen LogP contribution < -0.4 is 11.5 Å². The van der Waals surface area contributed by atoms with Crippen LogP contribution in [0.1, 0.15) is 0 Å². The van der Waals surface area contributed by atoms with E-state index in [1.165, 1.54) is 0 Å². The van der Waals surface area contributed by atoms with E-state index in [1.807, 2.05) is 24.3 Å². The monoisotopic (exact) mass is 225 g/mol. The summed E-state index contributed by atoms with van der Waals surface area (Å²) in [6.45, 7) is 0. The van der Waals surface area contributed by atoms with Crippen LogP contribution in [0.5, 0.6) is 0 Å². The molecule has 0 saturated heterocycles. The smallest absolute Gasteiger partial charge is 0.229 e. The van der Waals surface area contributed by atoms with Gasteiger partial charge in [-0.05, 0) is 30.3 Å². The summed E-state index contributed by atoms with van der Waals surface area (Å²) in [7, 11) is 0. The van der Waals surface area contributed by atoms with Crippen LogP contribution in [-0.2, 0) is 0 Å².